The Bertz CT molecular complexity index is 657. The molecule has 0 radical (unpaired) electrons. The van der Waals surface area contributed by atoms with E-state index in [9.17, 15) is 9.18 Å². The van der Waals surface area contributed by atoms with E-state index in [0.29, 0.717) is 5.56 Å². The van der Waals surface area contributed by atoms with E-state index in [1.54, 1.807) is 23.0 Å². The Morgan fingerprint density at radius 3 is 2.43 bits per heavy atom. The molecule has 0 saturated carbocycles. The zero-order valence-corrected chi connectivity index (χ0v) is 12.2. The number of benzene rings is 1. The van der Waals surface area contributed by atoms with Crippen LogP contribution < -0.4 is 0 Å². The van der Waals surface area contributed by atoms with Crippen LogP contribution in [-0.2, 0) is 0 Å². The summed E-state index contributed by atoms with van der Waals surface area (Å²) in [6, 6.07) is 6.15. The summed E-state index contributed by atoms with van der Waals surface area (Å²) in [5, 5.41) is 4.35. The molecule has 0 spiro atoms. The number of hydrogen-bond donors (Lipinski definition) is 0. The summed E-state index contributed by atoms with van der Waals surface area (Å²) in [4.78, 5) is 14.3. The fourth-order valence-electron chi connectivity index (χ4n) is 2.56. The Balaban J connectivity index is 2.03. The van der Waals surface area contributed by atoms with Crippen molar-refractivity contribution < 1.29 is 9.18 Å². The van der Waals surface area contributed by atoms with Crippen LogP contribution in [0.5, 0.6) is 0 Å². The summed E-state index contributed by atoms with van der Waals surface area (Å²) in [6.45, 7) is 5.70. The van der Waals surface area contributed by atoms with Gasteiger partial charge in [-0.2, -0.15) is 5.10 Å². The first-order chi connectivity index (χ1) is 10.1. The summed E-state index contributed by atoms with van der Waals surface area (Å²) >= 11 is 0. The van der Waals surface area contributed by atoms with Crippen LogP contribution in [0, 0.1) is 5.82 Å². The molecule has 1 aliphatic rings. The van der Waals surface area contributed by atoms with Crippen molar-refractivity contribution in [3.05, 3.63) is 47.5 Å². The minimum Gasteiger partial charge on any atom is -0.338 e. The van der Waals surface area contributed by atoms with Crippen LogP contribution >= 0.6 is 0 Å². The van der Waals surface area contributed by atoms with Gasteiger partial charge in [0.15, 0.2) is 0 Å². The molecule has 110 valence electrons. The number of carbonyl (C=O) groups excluding carboxylic acids is 1. The highest BCUT2D eigenvalue weighted by Gasteiger charge is 2.27. The molecular formula is C16H18FN3O. The van der Waals surface area contributed by atoms with Gasteiger partial charge in [-0.25, -0.2) is 9.07 Å². The molecule has 5 heteroatoms. The maximum atomic E-state index is 13.1. The van der Waals surface area contributed by atoms with Crippen LogP contribution in [0.25, 0.3) is 5.69 Å². The van der Waals surface area contributed by atoms with Crippen molar-refractivity contribution in [2.75, 3.05) is 13.1 Å². The average molecular weight is 287 g/mol. The molecule has 0 atom stereocenters. The monoisotopic (exact) mass is 287 g/mol. The number of halogens is 1. The van der Waals surface area contributed by atoms with Gasteiger partial charge in [0.25, 0.3) is 5.91 Å². The molecule has 0 bridgehead atoms. The van der Waals surface area contributed by atoms with Crippen molar-refractivity contribution >= 4 is 5.91 Å². The number of aromatic nitrogens is 2. The third kappa shape index (κ3) is 2.44. The lowest BCUT2D eigenvalue weighted by molar-refractivity contribution is 0.0650. The van der Waals surface area contributed by atoms with Crippen molar-refractivity contribution in [1.82, 2.24) is 14.7 Å². The topological polar surface area (TPSA) is 38.1 Å². The molecular weight excluding hydrogens is 269 g/mol. The van der Waals surface area contributed by atoms with Crippen molar-refractivity contribution in [3.8, 4) is 5.69 Å². The Morgan fingerprint density at radius 1 is 1.24 bits per heavy atom. The van der Waals surface area contributed by atoms with E-state index < -0.39 is 0 Å². The summed E-state index contributed by atoms with van der Waals surface area (Å²) in [5.41, 5.74) is 2.29. The van der Waals surface area contributed by atoms with E-state index in [1.807, 2.05) is 18.7 Å². The third-order valence-electron chi connectivity index (χ3n) is 3.80. The number of likely N-dealkylation sites (tertiary alicyclic amines) is 1. The molecule has 0 N–H and O–H groups in total. The molecule has 1 aromatic heterocycles. The lowest BCUT2D eigenvalue weighted by Gasteiger charge is -2.31. The lowest BCUT2D eigenvalue weighted by atomic mass is 10.0. The molecule has 2 heterocycles. The van der Waals surface area contributed by atoms with Crippen LogP contribution in [0.15, 0.2) is 30.5 Å². The SMILES string of the molecule is CC(C)c1c(C(=O)N2CCC2)cnn1-c1ccc(F)cc1. The summed E-state index contributed by atoms with van der Waals surface area (Å²) in [5.74, 6) is -0.0926. The van der Waals surface area contributed by atoms with Crippen LogP contribution in [-0.4, -0.2) is 33.7 Å². The van der Waals surface area contributed by atoms with Gasteiger partial charge in [-0.15, -0.1) is 0 Å². The summed E-state index contributed by atoms with van der Waals surface area (Å²) in [6.07, 6.45) is 2.69. The Labute approximate surface area is 123 Å². The third-order valence-corrected chi connectivity index (χ3v) is 3.80. The quantitative estimate of drug-likeness (QED) is 0.870. The smallest absolute Gasteiger partial charge is 0.257 e. The molecule has 21 heavy (non-hydrogen) atoms. The van der Waals surface area contributed by atoms with Crippen LogP contribution in [0.2, 0.25) is 0 Å². The van der Waals surface area contributed by atoms with Gasteiger partial charge in [-0.1, -0.05) is 13.8 Å². The average Bonchev–Trinajstić information content (AvgIpc) is 2.82. The first-order valence-corrected chi connectivity index (χ1v) is 7.21. The van der Waals surface area contributed by atoms with Gasteiger partial charge in [0.1, 0.15) is 5.82 Å². The largest absolute Gasteiger partial charge is 0.338 e. The van der Waals surface area contributed by atoms with E-state index in [1.165, 1.54) is 12.1 Å². The van der Waals surface area contributed by atoms with Gasteiger partial charge in [0.2, 0.25) is 0 Å². The first-order valence-electron chi connectivity index (χ1n) is 7.21. The predicted molar refractivity (Wildman–Crippen MR) is 78.1 cm³/mol. The zero-order valence-electron chi connectivity index (χ0n) is 12.2. The molecule has 3 rings (SSSR count). The van der Waals surface area contributed by atoms with Gasteiger partial charge in [0.05, 0.1) is 23.1 Å². The van der Waals surface area contributed by atoms with E-state index >= 15 is 0 Å². The van der Waals surface area contributed by atoms with E-state index in [4.69, 9.17) is 0 Å². The maximum absolute atomic E-state index is 13.1. The number of nitrogens with zero attached hydrogens (tertiary/aromatic N) is 3. The minimum absolute atomic E-state index is 0.0401. The lowest BCUT2D eigenvalue weighted by Crippen LogP contribution is -2.42. The van der Waals surface area contributed by atoms with Gasteiger partial charge >= 0.3 is 0 Å². The van der Waals surface area contributed by atoms with Crippen LogP contribution in [0.3, 0.4) is 0 Å². The second-order valence-corrected chi connectivity index (χ2v) is 5.63. The number of amides is 1. The van der Waals surface area contributed by atoms with Gasteiger partial charge in [-0.3, -0.25) is 4.79 Å². The van der Waals surface area contributed by atoms with Crippen LogP contribution in [0.1, 0.15) is 42.2 Å². The molecule has 4 nitrogen and oxygen atoms in total. The Hall–Kier alpha value is -2.17. The minimum atomic E-state index is -0.283. The van der Waals surface area contributed by atoms with E-state index in [2.05, 4.69) is 5.10 Å². The molecule has 1 amide bonds. The van der Waals surface area contributed by atoms with Gasteiger partial charge in [-0.05, 0) is 36.6 Å². The van der Waals surface area contributed by atoms with Gasteiger partial charge in [0, 0.05) is 13.1 Å². The number of carbonyl (C=O) groups is 1. The predicted octanol–water partition coefficient (Wildman–Crippen LogP) is 2.98. The van der Waals surface area contributed by atoms with E-state index in [-0.39, 0.29) is 17.6 Å². The zero-order chi connectivity index (χ0) is 15.0. The standard InChI is InChI=1S/C16H18FN3O/c1-11(2)15-14(16(21)19-8-3-9-19)10-18-20(15)13-6-4-12(17)5-7-13/h4-7,10-11H,3,8-9H2,1-2H3. The molecule has 2 aromatic rings. The number of rotatable bonds is 3. The Kier molecular flexibility index (Phi) is 3.49. The highest BCUT2D eigenvalue weighted by Crippen LogP contribution is 2.25. The van der Waals surface area contributed by atoms with Crippen LogP contribution in [0.4, 0.5) is 4.39 Å². The molecule has 0 aliphatic carbocycles. The fourth-order valence-corrected chi connectivity index (χ4v) is 2.56. The first kappa shape index (κ1) is 13.8. The second kappa shape index (κ2) is 5.31. The van der Waals surface area contributed by atoms with E-state index in [0.717, 1.165) is 30.9 Å². The van der Waals surface area contributed by atoms with Crippen molar-refractivity contribution in [2.45, 2.75) is 26.2 Å². The van der Waals surface area contributed by atoms with Crippen molar-refractivity contribution in [2.24, 2.45) is 0 Å². The normalized spacial score (nSPS) is 14.4. The van der Waals surface area contributed by atoms with Gasteiger partial charge < -0.3 is 4.90 Å². The maximum Gasteiger partial charge on any atom is 0.257 e. The summed E-state index contributed by atoms with van der Waals surface area (Å²) < 4.78 is 14.8. The molecule has 1 aliphatic heterocycles. The van der Waals surface area contributed by atoms with Crippen molar-refractivity contribution in [1.29, 1.82) is 0 Å². The molecule has 0 unspecified atom stereocenters. The highest BCUT2D eigenvalue weighted by atomic mass is 19.1. The fraction of sp³-hybridized carbons (Fsp3) is 0.375. The molecule has 1 saturated heterocycles. The second-order valence-electron chi connectivity index (χ2n) is 5.63. The Morgan fingerprint density at radius 2 is 1.90 bits per heavy atom. The van der Waals surface area contributed by atoms with Crippen molar-refractivity contribution in [3.63, 3.8) is 0 Å². The number of hydrogen-bond acceptors (Lipinski definition) is 2. The highest BCUT2D eigenvalue weighted by molar-refractivity contribution is 5.95. The molecule has 1 fully saturated rings. The summed E-state index contributed by atoms with van der Waals surface area (Å²) in [7, 11) is 0. The molecule has 1 aromatic carbocycles.